The van der Waals surface area contributed by atoms with Crippen LogP contribution in [0, 0.1) is 0 Å². The Hall–Kier alpha value is -19.2. The highest BCUT2D eigenvalue weighted by atomic mass is 15.0. The summed E-state index contributed by atoms with van der Waals surface area (Å²) < 4.78 is 6.91. The molecule has 0 fully saturated rings. The Bertz CT molecular complexity index is 9650. The van der Waals surface area contributed by atoms with Crippen LogP contribution in [0.1, 0.15) is 0 Å². The first kappa shape index (κ1) is 80.6. The summed E-state index contributed by atoms with van der Waals surface area (Å²) in [7, 11) is 0. The van der Waals surface area contributed by atoms with Crippen molar-refractivity contribution in [2.24, 2.45) is 0 Å². The molecule has 28 rings (SSSR count). The van der Waals surface area contributed by atoms with Gasteiger partial charge in [-0.25, -0.2) is 4.98 Å². The van der Waals surface area contributed by atoms with Crippen LogP contribution in [-0.4, -0.2) is 78.5 Å². The van der Waals surface area contributed by atoms with Crippen LogP contribution in [0.2, 0.25) is 0 Å². The van der Waals surface area contributed by atoms with Crippen LogP contribution in [0.15, 0.2) is 463 Å². The molecule has 0 saturated carbocycles. The molecule has 0 bridgehead atoms. The maximum atomic E-state index is 5.01. The van der Waals surface area contributed by atoms with Gasteiger partial charge < -0.3 is 13.7 Å². The molecule has 12 aromatic carbocycles. The van der Waals surface area contributed by atoms with Gasteiger partial charge in [0, 0.05) is 143 Å². The van der Waals surface area contributed by atoms with Crippen LogP contribution in [-0.2, 0) is 0 Å². The van der Waals surface area contributed by atoms with E-state index in [1.54, 1.807) is 18.6 Å². The van der Waals surface area contributed by atoms with Crippen molar-refractivity contribution in [1.29, 1.82) is 0 Å². The fourth-order valence-electron chi connectivity index (χ4n) is 20.0. The van der Waals surface area contributed by atoms with E-state index in [9.17, 15) is 0 Å². The monoisotopic (exact) mass is 1780 g/mol. The van der Waals surface area contributed by atoms with Crippen molar-refractivity contribution in [2.45, 2.75) is 0 Å². The summed E-state index contributed by atoms with van der Waals surface area (Å²) >= 11 is 0. The Morgan fingerprint density at radius 1 is 0.165 bits per heavy atom. The predicted molar refractivity (Wildman–Crippen MR) is 565 cm³/mol. The first-order valence-corrected chi connectivity index (χ1v) is 46.2. The minimum atomic E-state index is 0.844. The molecule has 0 unspecified atom stereocenters. The number of pyridine rings is 13. The molecule has 0 atom stereocenters. The van der Waals surface area contributed by atoms with Gasteiger partial charge in [0.2, 0.25) is 0 Å². The quantitative estimate of drug-likeness (QED) is 0.105. The van der Waals surface area contributed by atoms with Crippen LogP contribution in [0.4, 0.5) is 0 Å². The smallest absolute Gasteiger partial charge is 0.0970 e. The summed E-state index contributed by atoms with van der Waals surface area (Å²) in [5, 5.41) is 20.0. The van der Waals surface area contributed by atoms with Gasteiger partial charge in [0.05, 0.1) is 148 Å². The molecular weight excluding hydrogens is 1700 g/mol. The standard InChI is InChI=1S/C43H26N6.2C40H25N5/c1-2-9-32-27(7-1)13-19-40-41(32)35-23-28(14-18-39(35)49(40)31-15-17-38(48-26-31)37-11-3-4-20-44-37)36-16-12-30(25-47-36)34-24-29-8-5-21-45-42(29)43-33(34)10-6-22-46-43;1-3-9-31-26(7-1)14-21-39-40(31)32-23-28(33-17-13-29(24-42-33)35-18-12-27-8-2-4-10-34(27)44-35)15-20-38(32)45(39)30-16-19-37(43-25-30)36-11-5-6-22-41-36;1-3-9-31-26(7-1)13-19-38-39(31)33-23-28(34-16-12-29(24-43-34)40-32-10-4-2-8-27(32)20-22-42-40)14-18-37(33)45(38)30-15-17-36(44-25-30)35-11-5-6-21-41-35/h1-26H;2*1-25H. The lowest BCUT2D eigenvalue weighted by Gasteiger charge is -2.10. The minimum absolute atomic E-state index is 0.844. The third kappa shape index (κ3) is 14.5. The number of nitrogens with zero attached hydrogens (tertiary/aromatic N) is 16. The average molecular weight is 1780 g/mol. The number of rotatable bonds is 12. The van der Waals surface area contributed by atoms with Crippen molar-refractivity contribution in [1.82, 2.24) is 78.5 Å². The number of para-hydroxylation sites is 1. The van der Waals surface area contributed by atoms with E-state index in [1.807, 2.05) is 165 Å². The van der Waals surface area contributed by atoms with Crippen LogP contribution >= 0.6 is 0 Å². The van der Waals surface area contributed by atoms with Gasteiger partial charge in [0.25, 0.3) is 0 Å². The van der Waals surface area contributed by atoms with E-state index >= 15 is 0 Å². The van der Waals surface area contributed by atoms with Crippen molar-refractivity contribution >= 4 is 141 Å². The highest BCUT2D eigenvalue weighted by Gasteiger charge is 2.24. The SMILES string of the molecule is c1ccc(-c2ccc(-n3c4ccc(-c5ccc(-c6cc7cccnc7c7ncccc67)cn5)cc4c4c5ccccc5ccc43)cn2)nc1.c1ccc(-c2ccc(-n3c4ccc(-c5ccc(-c6ccc7ccccc7n6)cn5)cc4c4c5ccccc5ccc43)cn2)nc1.c1ccc(-c2ccc(-n3c4ccc(-c5ccc(-c6nccc7ccccc67)cn5)cc4c4c5ccccc5ccc43)cn2)nc1. The molecule has 28 aromatic rings. The topological polar surface area (TPSA) is 182 Å². The lowest BCUT2D eigenvalue weighted by molar-refractivity contribution is 1.14. The van der Waals surface area contributed by atoms with Gasteiger partial charge in [-0.15, -0.1) is 0 Å². The highest BCUT2D eigenvalue weighted by Crippen LogP contribution is 2.45. The van der Waals surface area contributed by atoms with Gasteiger partial charge in [-0.3, -0.25) is 59.8 Å². The van der Waals surface area contributed by atoms with Gasteiger partial charge in [-0.2, -0.15) is 0 Å². The maximum absolute atomic E-state index is 5.01. The molecule has 139 heavy (non-hydrogen) atoms. The van der Waals surface area contributed by atoms with E-state index in [-0.39, 0.29) is 0 Å². The van der Waals surface area contributed by atoms with Crippen molar-refractivity contribution < 1.29 is 0 Å². The zero-order valence-corrected chi connectivity index (χ0v) is 74.5. The van der Waals surface area contributed by atoms with E-state index in [4.69, 9.17) is 34.9 Å². The molecule has 648 valence electrons. The molecule has 0 spiro atoms. The minimum Gasteiger partial charge on any atom is -0.308 e. The van der Waals surface area contributed by atoms with Crippen LogP contribution in [0.3, 0.4) is 0 Å². The third-order valence-corrected chi connectivity index (χ3v) is 26.6. The summed E-state index contributed by atoms with van der Waals surface area (Å²) in [6, 6.07) is 135. The number of aromatic nitrogens is 16. The molecule has 0 N–H and O–H groups in total. The maximum Gasteiger partial charge on any atom is 0.0970 e. The molecule has 0 aliphatic rings. The molecular formula is C123H76N16. The van der Waals surface area contributed by atoms with Gasteiger partial charge in [-0.05, 0) is 237 Å². The van der Waals surface area contributed by atoms with Crippen LogP contribution in [0.5, 0.6) is 0 Å². The Balaban J connectivity index is 0.000000108. The van der Waals surface area contributed by atoms with E-state index in [2.05, 4.69) is 323 Å². The summed E-state index contributed by atoms with van der Waals surface area (Å²) in [5.74, 6) is 0. The lowest BCUT2D eigenvalue weighted by atomic mass is 9.98. The van der Waals surface area contributed by atoms with E-state index < -0.39 is 0 Å². The number of hydrogen-bond donors (Lipinski definition) is 0. The Kier molecular flexibility index (Phi) is 19.8. The van der Waals surface area contributed by atoms with Gasteiger partial charge in [0.15, 0.2) is 0 Å². The van der Waals surface area contributed by atoms with E-state index in [0.29, 0.717) is 0 Å². The molecule has 16 aromatic heterocycles. The van der Waals surface area contributed by atoms with E-state index in [0.717, 1.165) is 190 Å². The molecule has 0 radical (unpaired) electrons. The normalized spacial score (nSPS) is 11.6. The number of benzene rings is 12. The van der Waals surface area contributed by atoms with Gasteiger partial charge in [0.1, 0.15) is 0 Å². The second-order valence-corrected chi connectivity index (χ2v) is 34.6. The highest BCUT2D eigenvalue weighted by molar-refractivity contribution is 6.25. The van der Waals surface area contributed by atoms with Crippen molar-refractivity contribution in [2.75, 3.05) is 0 Å². The molecule has 0 amide bonds. The molecule has 16 nitrogen and oxygen atoms in total. The predicted octanol–water partition coefficient (Wildman–Crippen LogP) is 29.6. The van der Waals surface area contributed by atoms with Gasteiger partial charge >= 0.3 is 0 Å². The van der Waals surface area contributed by atoms with E-state index in [1.165, 1.54) is 70.0 Å². The number of hydrogen-bond acceptors (Lipinski definition) is 13. The fourth-order valence-corrected chi connectivity index (χ4v) is 20.0. The van der Waals surface area contributed by atoms with Crippen LogP contribution in [0.25, 0.3) is 260 Å². The zero-order chi connectivity index (χ0) is 91.8. The van der Waals surface area contributed by atoms with Crippen molar-refractivity contribution in [3.8, 4) is 119 Å². The zero-order valence-electron chi connectivity index (χ0n) is 74.5. The molecule has 0 aliphatic carbocycles. The second-order valence-electron chi connectivity index (χ2n) is 34.6. The fraction of sp³-hybridized carbons (Fsp3) is 0. The molecule has 0 saturated heterocycles. The summed E-state index contributed by atoms with van der Waals surface area (Å²) in [4.78, 5) is 61.5. The van der Waals surface area contributed by atoms with Crippen molar-refractivity contribution in [3.63, 3.8) is 0 Å². The Morgan fingerprint density at radius 2 is 0.511 bits per heavy atom. The summed E-state index contributed by atoms with van der Waals surface area (Å²) in [6.07, 6.45) is 22.5. The van der Waals surface area contributed by atoms with Crippen molar-refractivity contribution in [3.05, 3.63) is 463 Å². The van der Waals surface area contributed by atoms with Crippen LogP contribution < -0.4 is 0 Å². The summed E-state index contributed by atoms with van der Waals surface area (Å²) in [5.41, 5.74) is 29.6. The molecule has 16 heterocycles. The number of fused-ring (bicyclic) bond motifs is 20. The largest absolute Gasteiger partial charge is 0.308 e. The third-order valence-electron chi connectivity index (χ3n) is 26.6. The second kappa shape index (κ2) is 34.1. The Labute approximate surface area is 795 Å². The van der Waals surface area contributed by atoms with Gasteiger partial charge in [-0.1, -0.05) is 194 Å². The molecule has 16 heteroatoms. The first-order valence-electron chi connectivity index (χ1n) is 46.2. The molecule has 0 aliphatic heterocycles. The summed E-state index contributed by atoms with van der Waals surface area (Å²) in [6.45, 7) is 0. The average Bonchev–Trinajstić information content (AvgIpc) is 1.58. The first-order chi connectivity index (χ1) is 68.9. The lowest BCUT2D eigenvalue weighted by Crippen LogP contribution is -1.96. The Morgan fingerprint density at radius 3 is 0.957 bits per heavy atom.